The summed E-state index contributed by atoms with van der Waals surface area (Å²) in [5.74, 6) is -0.00832. The highest BCUT2D eigenvalue weighted by atomic mass is 31.2. The molecule has 0 saturated heterocycles. The van der Waals surface area contributed by atoms with Gasteiger partial charge in [0, 0.05) is 10.6 Å². The summed E-state index contributed by atoms with van der Waals surface area (Å²) < 4.78 is 24.9. The van der Waals surface area contributed by atoms with Crippen LogP contribution in [-0.4, -0.2) is 20.2 Å². The molecule has 0 radical (unpaired) electrons. The van der Waals surface area contributed by atoms with Crippen LogP contribution in [0.25, 0.3) is 0 Å². The molecule has 0 heterocycles. The Hall–Kier alpha value is -2.84. The highest BCUT2D eigenvalue weighted by molar-refractivity contribution is 7.85. The molecule has 0 aliphatic rings. The van der Waals surface area contributed by atoms with Gasteiger partial charge in [-0.1, -0.05) is 54.6 Å². The first-order valence-electron chi connectivity index (χ1n) is 8.10. The third-order valence-electron chi connectivity index (χ3n) is 4.19. The van der Waals surface area contributed by atoms with Crippen LogP contribution in [0, 0.1) is 0 Å². The molecule has 0 fully saturated rings. The first kappa shape index (κ1) is 18.0. The summed E-state index contributed by atoms with van der Waals surface area (Å²) in [6, 6.07) is 23.2. The fourth-order valence-corrected chi connectivity index (χ4v) is 5.95. The molecule has 0 amide bonds. The Morgan fingerprint density at radius 2 is 1.35 bits per heavy atom. The topological polar surface area (TPSA) is 52.6 Å². The van der Waals surface area contributed by atoms with Crippen LogP contribution in [0.2, 0.25) is 0 Å². The Kier molecular flexibility index (Phi) is 5.24. The molecule has 3 rings (SSSR count). The van der Waals surface area contributed by atoms with Crippen LogP contribution in [0.1, 0.15) is 10.4 Å². The van der Waals surface area contributed by atoms with Gasteiger partial charge >= 0.3 is 5.97 Å². The SMILES string of the molecule is COC(=O)c1ccccc1P(=O)(c1ccccc1)c1ccccc1OC. The highest BCUT2D eigenvalue weighted by Crippen LogP contribution is 2.45. The summed E-state index contributed by atoms with van der Waals surface area (Å²) in [5.41, 5.74) is 0.285. The Morgan fingerprint density at radius 1 is 0.769 bits per heavy atom. The van der Waals surface area contributed by atoms with E-state index in [4.69, 9.17) is 9.47 Å². The van der Waals surface area contributed by atoms with Crippen molar-refractivity contribution in [1.29, 1.82) is 0 Å². The van der Waals surface area contributed by atoms with Gasteiger partial charge in [-0.25, -0.2) is 4.79 Å². The number of esters is 1. The van der Waals surface area contributed by atoms with Gasteiger partial charge in [0.2, 0.25) is 0 Å². The third kappa shape index (κ3) is 3.04. The van der Waals surface area contributed by atoms with Gasteiger partial charge < -0.3 is 14.0 Å². The van der Waals surface area contributed by atoms with Gasteiger partial charge in [-0.05, 0) is 24.3 Å². The summed E-state index contributed by atoms with van der Waals surface area (Å²) in [5, 5.41) is 1.61. The molecule has 1 unspecified atom stereocenters. The molecular weight excluding hydrogens is 347 g/mol. The molecule has 0 bridgehead atoms. The van der Waals surface area contributed by atoms with Gasteiger partial charge in [0.15, 0.2) is 7.14 Å². The first-order chi connectivity index (χ1) is 12.6. The largest absolute Gasteiger partial charge is 0.496 e. The quantitative estimate of drug-likeness (QED) is 0.514. The fourth-order valence-electron chi connectivity index (χ4n) is 2.97. The minimum absolute atomic E-state index is 0.285. The number of methoxy groups -OCH3 is 2. The van der Waals surface area contributed by atoms with Crippen molar-refractivity contribution < 1.29 is 18.8 Å². The van der Waals surface area contributed by atoms with E-state index in [0.29, 0.717) is 21.7 Å². The smallest absolute Gasteiger partial charge is 0.338 e. The summed E-state index contributed by atoms with van der Waals surface area (Å²) in [6.07, 6.45) is 0. The summed E-state index contributed by atoms with van der Waals surface area (Å²) in [7, 11) is -0.504. The number of hydrogen-bond donors (Lipinski definition) is 0. The second-order valence-corrected chi connectivity index (χ2v) is 8.32. The van der Waals surface area contributed by atoms with E-state index >= 15 is 0 Å². The summed E-state index contributed by atoms with van der Waals surface area (Å²) >= 11 is 0. The van der Waals surface area contributed by atoms with E-state index in [0.717, 1.165) is 0 Å². The number of carbonyl (C=O) groups is 1. The van der Waals surface area contributed by atoms with Gasteiger partial charge in [-0.2, -0.15) is 0 Å². The molecule has 0 aliphatic heterocycles. The second-order valence-electron chi connectivity index (χ2n) is 5.63. The zero-order chi connectivity index (χ0) is 18.6. The average molecular weight is 366 g/mol. The van der Waals surface area contributed by atoms with Crippen LogP contribution in [0.4, 0.5) is 0 Å². The first-order valence-corrected chi connectivity index (χ1v) is 9.80. The maximum atomic E-state index is 14.6. The number of carbonyl (C=O) groups excluding carboxylic acids is 1. The number of ether oxygens (including phenoxy) is 2. The lowest BCUT2D eigenvalue weighted by atomic mass is 10.2. The molecule has 3 aromatic rings. The number of hydrogen-bond acceptors (Lipinski definition) is 4. The molecule has 132 valence electrons. The molecule has 0 aromatic heterocycles. The van der Waals surface area contributed by atoms with Gasteiger partial charge in [0.25, 0.3) is 0 Å². The minimum Gasteiger partial charge on any atom is -0.496 e. The monoisotopic (exact) mass is 366 g/mol. The molecule has 0 saturated carbocycles. The standard InChI is InChI=1S/C21H19O4P/c1-24-18-13-7-9-15-20(18)26(23,16-10-4-3-5-11-16)19-14-8-6-12-17(19)21(22)25-2/h3-15H,1-2H3. The second kappa shape index (κ2) is 7.59. The lowest BCUT2D eigenvalue weighted by Gasteiger charge is -2.23. The number of rotatable bonds is 5. The fraction of sp³-hybridized carbons (Fsp3) is 0.0952. The number of benzene rings is 3. The van der Waals surface area contributed by atoms with Gasteiger partial charge in [-0.15, -0.1) is 0 Å². The van der Waals surface area contributed by atoms with Gasteiger partial charge in [-0.3, -0.25) is 0 Å². The lowest BCUT2D eigenvalue weighted by molar-refractivity contribution is 0.0602. The van der Waals surface area contributed by atoms with Crippen LogP contribution in [-0.2, 0) is 9.30 Å². The molecule has 3 aromatic carbocycles. The molecule has 0 N–H and O–H groups in total. The van der Waals surface area contributed by atoms with Crippen molar-refractivity contribution in [3.8, 4) is 5.75 Å². The predicted molar refractivity (Wildman–Crippen MR) is 104 cm³/mol. The van der Waals surface area contributed by atoms with E-state index in [1.165, 1.54) is 7.11 Å². The van der Waals surface area contributed by atoms with Crippen LogP contribution < -0.4 is 20.7 Å². The van der Waals surface area contributed by atoms with Crippen LogP contribution in [0.3, 0.4) is 0 Å². The van der Waals surface area contributed by atoms with Crippen molar-refractivity contribution in [1.82, 2.24) is 0 Å². The van der Waals surface area contributed by atoms with E-state index in [-0.39, 0.29) is 5.56 Å². The molecule has 1 atom stereocenters. The van der Waals surface area contributed by atoms with E-state index in [2.05, 4.69) is 0 Å². The average Bonchev–Trinajstić information content (AvgIpc) is 2.73. The third-order valence-corrected chi connectivity index (χ3v) is 7.33. The molecule has 4 nitrogen and oxygen atoms in total. The number of para-hydroxylation sites is 1. The maximum Gasteiger partial charge on any atom is 0.338 e. The zero-order valence-electron chi connectivity index (χ0n) is 14.6. The van der Waals surface area contributed by atoms with Crippen LogP contribution in [0.5, 0.6) is 5.75 Å². The van der Waals surface area contributed by atoms with E-state index in [1.807, 2.05) is 30.3 Å². The van der Waals surface area contributed by atoms with Gasteiger partial charge in [0.1, 0.15) is 5.75 Å². The van der Waals surface area contributed by atoms with Crippen molar-refractivity contribution in [3.63, 3.8) is 0 Å². The summed E-state index contributed by atoms with van der Waals surface area (Å²) in [4.78, 5) is 12.3. The Bertz CT molecular complexity index is 967. The van der Waals surface area contributed by atoms with E-state index in [1.54, 1.807) is 55.6 Å². The lowest BCUT2D eigenvalue weighted by Crippen LogP contribution is -2.30. The molecule has 26 heavy (non-hydrogen) atoms. The Balaban J connectivity index is 2.39. The Morgan fingerprint density at radius 3 is 2.00 bits per heavy atom. The Labute approximate surface area is 152 Å². The van der Waals surface area contributed by atoms with Crippen LogP contribution in [0.15, 0.2) is 78.9 Å². The molecular formula is C21H19O4P. The van der Waals surface area contributed by atoms with Crippen molar-refractivity contribution in [3.05, 3.63) is 84.4 Å². The molecule has 5 heteroatoms. The van der Waals surface area contributed by atoms with Crippen molar-refractivity contribution in [2.75, 3.05) is 14.2 Å². The highest BCUT2D eigenvalue weighted by Gasteiger charge is 2.35. The predicted octanol–water partition coefficient (Wildman–Crippen LogP) is 3.12. The van der Waals surface area contributed by atoms with E-state index in [9.17, 15) is 9.36 Å². The zero-order valence-corrected chi connectivity index (χ0v) is 15.5. The minimum atomic E-state index is -3.36. The van der Waals surface area contributed by atoms with Crippen molar-refractivity contribution in [2.24, 2.45) is 0 Å². The summed E-state index contributed by atoms with van der Waals surface area (Å²) in [6.45, 7) is 0. The molecule has 0 aliphatic carbocycles. The maximum absolute atomic E-state index is 14.6. The van der Waals surface area contributed by atoms with E-state index < -0.39 is 13.1 Å². The van der Waals surface area contributed by atoms with Crippen molar-refractivity contribution >= 4 is 29.0 Å². The normalized spacial score (nSPS) is 12.8. The van der Waals surface area contributed by atoms with Gasteiger partial charge in [0.05, 0.1) is 25.1 Å². The molecule has 0 spiro atoms. The van der Waals surface area contributed by atoms with Crippen LogP contribution >= 0.6 is 7.14 Å². The van der Waals surface area contributed by atoms with Crippen molar-refractivity contribution in [2.45, 2.75) is 0 Å².